The highest BCUT2D eigenvalue weighted by Crippen LogP contribution is 2.44. The van der Waals surface area contributed by atoms with Crippen molar-refractivity contribution in [3.63, 3.8) is 0 Å². The van der Waals surface area contributed by atoms with Gasteiger partial charge in [-0.25, -0.2) is 10.4 Å². The largest absolute Gasteiger partial charge is 0.494 e. The van der Waals surface area contributed by atoms with Gasteiger partial charge in [0.1, 0.15) is 21.5 Å². The second-order valence-electron chi connectivity index (χ2n) is 15.8. The van der Waals surface area contributed by atoms with Crippen molar-refractivity contribution in [1.82, 2.24) is 15.0 Å². The summed E-state index contributed by atoms with van der Waals surface area (Å²) in [6.07, 6.45) is 3.93. The fraction of sp³-hybridized carbons (Fsp3) is 0.531. The normalized spacial score (nSPS) is 15.3. The van der Waals surface area contributed by atoms with Gasteiger partial charge in [-0.05, 0) is 104 Å². The van der Waals surface area contributed by atoms with E-state index in [0.29, 0.717) is 127 Å². The minimum atomic E-state index is -0.927. The van der Waals surface area contributed by atoms with Gasteiger partial charge in [-0.3, -0.25) is 14.4 Å². The molecule has 16 nitrogen and oxygen atoms in total. The number of benzene rings is 2. The molecule has 1 atom stereocenters. The fourth-order valence-electron chi connectivity index (χ4n) is 7.64. The molecule has 2 aromatic carbocycles. The fourth-order valence-corrected chi connectivity index (χ4v) is 8.28. The Morgan fingerprint density at radius 2 is 1.38 bits per heavy atom. The summed E-state index contributed by atoms with van der Waals surface area (Å²) in [4.78, 5) is 44.4. The number of hydrogen-bond acceptors (Lipinski definition) is 14. The van der Waals surface area contributed by atoms with Crippen molar-refractivity contribution >= 4 is 51.1 Å². The van der Waals surface area contributed by atoms with Crippen molar-refractivity contribution in [2.75, 3.05) is 92.5 Å². The van der Waals surface area contributed by atoms with E-state index < -0.39 is 9.33 Å². The molecule has 358 valence electrons. The van der Waals surface area contributed by atoms with Crippen LogP contribution in [0.3, 0.4) is 0 Å². The lowest BCUT2D eigenvalue weighted by atomic mass is 9.90. The lowest BCUT2D eigenvalue weighted by Gasteiger charge is -2.31. The molecule has 0 radical (unpaired) electrons. The average Bonchev–Trinajstić information content (AvgIpc) is 3.70. The number of hydrazone groups is 1. The topological polar surface area (TPSA) is 176 Å². The third kappa shape index (κ3) is 13.6. The second kappa shape index (κ2) is 26.2. The number of aromatic nitrogens is 2. The van der Waals surface area contributed by atoms with E-state index in [2.05, 4.69) is 47.0 Å². The van der Waals surface area contributed by atoms with E-state index >= 15 is 0 Å². The number of carbonyl (C=O) groups excluding carboxylic acids is 2. The number of fused-ring (bicyclic) bond motifs is 5. The van der Waals surface area contributed by atoms with Crippen molar-refractivity contribution in [1.29, 1.82) is 0 Å². The zero-order valence-electron chi connectivity index (χ0n) is 38.6. The number of halogens is 1. The van der Waals surface area contributed by atoms with Crippen LogP contribution in [-0.4, -0.2) is 120 Å². The molecule has 0 spiro atoms. The van der Waals surface area contributed by atoms with Gasteiger partial charge in [0.2, 0.25) is 0 Å². The zero-order valence-corrected chi connectivity index (χ0v) is 40.7. The molecule has 2 aliphatic heterocycles. The molecule has 0 saturated heterocycles. The van der Waals surface area contributed by atoms with Gasteiger partial charge in [0, 0.05) is 24.2 Å². The molecular formula is C49H63IN4O12. The summed E-state index contributed by atoms with van der Waals surface area (Å²) in [5.41, 5.74) is 9.33. The van der Waals surface area contributed by atoms with Gasteiger partial charge in [0.25, 0.3) is 11.5 Å². The Morgan fingerprint density at radius 1 is 0.773 bits per heavy atom. The van der Waals surface area contributed by atoms with Crippen LogP contribution in [-0.2, 0) is 65.7 Å². The van der Waals surface area contributed by atoms with Gasteiger partial charge in [-0.1, -0.05) is 43.4 Å². The summed E-state index contributed by atoms with van der Waals surface area (Å²) >= 11 is 2.12. The van der Waals surface area contributed by atoms with Gasteiger partial charge < -0.3 is 47.2 Å². The number of rotatable bonds is 30. The van der Waals surface area contributed by atoms with E-state index in [1.807, 2.05) is 56.3 Å². The third-order valence-electron chi connectivity index (χ3n) is 11.2. The highest BCUT2D eigenvalue weighted by Gasteiger charge is 2.45. The highest BCUT2D eigenvalue weighted by atomic mass is 127. The molecule has 4 aromatic rings. The number of unbranched alkanes of at least 4 members (excludes halogenated alkanes) is 1. The molecule has 1 amide bonds. The highest BCUT2D eigenvalue weighted by molar-refractivity contribution is 14.1. The van der Waals surface area contributed by atoms with Crippen molar-refractivity contribution in [2.45, 2.75) is 76.4 Å². The Hall–Kier alpha value is -4.50. The van der Waals surface area contributed by atoms with E-state index in [9.17, 15) is 14.4 Å². The molecule has 2 aliphatic rings. The first-order chi connectivity index (χ1) is 32.2. The van der Waals surface area contributed by atoms with E-state index in [1.165, 1.54) is 0 Å². The standard InChI is InChI=1S/C49H63IN4O12/c1-5-16-58-19-21-60-23-25-62-27-28-63-26-24-61-22-20-59-17-8-9-18-64-36-12-10-35(11-13-36)34(4)52-53-45(55)33-65-37-14-15-43-39(29-37)38(6-2)40-31-54-44(46(40)51-43)30-42-41(47(54)56)32-66-48(57)49(42,50)7-3/h10-15,29-30H,5-9,16-28,31-33H2,1-4H3,(H,53,55)/b52-34+/t49-/m0/s1. The molecule has 0 unspecified atom stereocenters. The Kier molecular flexibility index (Phi) is 20.2. The number of pyridine rings is 2. The van der Waals surface area contributed by atoms with Crippen LogP contribution in [0.2, 0.25) is 0 Å². The maximum atomic E-state index is 13.8. The van der Waals surface area contributed by atoms with Crippen LogP contribution >= 0.6 is 22.6 Å². The van der Waals surface area contributed by atoms with Crippen LogP contribution in [0.1, 0.15) is 81.2 Å². The summed E-state index contributed by atoms with van der Waals surface area (Å²) in [6.45, 7) is 15.3. The predicted octanol–water partition coefficient (Wildman–Crippen LogP) is 6.67. The molecule has 17 heteroatoms. The molecule has 0 bridgehead atoms. The third-order valence-corrected chi connectivity index (χ3v) is 13.0. The summed E-state index contributed by atoms with van der Waals surface area (Å²) in [7, 11) is 0. The number of carbonyl (C=O) groups is 2. The second-order valence-corrected chi connectivity index (χ2v) is 17.6. The van der Waals surface area contributed by atoms with Crippen molar-refractivity contribution in [3.05, 3.63) is 86.7 Å². The molecule has 0 saturated carbocycles. The summed E-state index contributed by atoms with van der Waals surface area (Å²) in [6, 6.07) is 15.0. The number of hydrogen-bond donors (Lipinski definition) is 1. The van der Waals surface area contributed by atoms with Crippen molar-refractivity contribution < 1.29 is 52.2 Å². The number of esters is 1. The molecular weight excluding hydrogens is 963 g/mol. The quantitative estimate of drug-likeness (QED) is 0.0129. The van der Waals surface area contributed by atoms with Crippen LogP contribution in [0.4, 0.5) is 0 Å². The first-order valence-corrected chi connectivity index (χ1v) is 24.0. The smallest absolute Gasteiger partial charge is 0.326 e. The summed E-state index contributed by atoms with van der Waals surface area (Å²) in [5.74, 6) is 0.524. The number of alkyl halides is 1. The van der Waals surface area contributed by atoms with E-state index in [-0.39, 0.29) is 24.7 Å². The van der Waals surface area contributed by atoms with Crippen LogP contribution in [0, 0.1) is 0 Å². The van der Waals surface area contributed by atoms with E-state index in [0.717, 1.165) is 64.9 Å². The lowest BCUT2D eigenvalue weighted by Crippen LogP contribution is -2.40. The molecule has 2 aromatic heterocycles. The first kappa shape index (κ1) is 50.9. The predicted molar refractivity (Wildman–Crippen MR) is 258 cm³/mol. The van der Waals surface area contributed by atoms with E-state index in [4.69, 9.17) is 47.6 Å². The molecule has 0 aliphatic carbocycles. The van der Waals surface area contributed by atoms with Crippen LogP contribution in [0.15, 0.2) is 58.4 Å². The Morgan fingerprint density at radius 3 is 2.00 bits per heavy atom. The number of ether oxygens (including phenoxy) is 9. The van der Waals surface area contributed by atoms with Gasteiger partial charge in [0.15, 0.2) is 6.61 Å². The molecule has 66 heavy (non-hydrogen) atoms. The Balaban J connectivity index is 0.847. The minimum absolute atomic E-state index is 0.0335. The van der Waals surface area contributed by atoms with Gasteiger partial charge in [-0.2, -0.15) is 5.10 Å². The number of amides is 1. The molecule has 4 heterocycles. The maximum absolute atomic E-state index is 13.8. The van der Waals surface area contributed by atoms with E-state index in [1.54, 1.807) is 10.6 Å². The maximum Gasteiger partial charge on any atom is 0.326 e. The average molecular weight is 1030 g/mol. The Bertz CT molecular complexity index is 2320. The lowest BCUT2D eigenvalue weighted by molar-refractivity contribution is -0.149. The summed E-state index contributed by atoms with van der Waals surface area (Å²) < 4.78 is 51.1. The zero-order chi connectivity index (χ0) is 46.7. The van der Waals surface area contributed by atoms with Crippen molar-refractivity contribution in [3.8, 4) is 22.9 Å². The SMILES string of the molecule is CCCOCCOCCOCCOCCOCCOCCCCOc1ccc(/C(C)=N/NC(=O)COc2ccc3nc4c(c(CC)c3c2)Cn2c-4cc3c(c2=O)COC(=O)[C@]3(I)CC)cc1. The molecule has 6 rings (SSSR count). The number of cyclic esters (lactones) is 1. The monoisotopic (exact) mass is 1030 g/mol. The van der Waals surface area contributed by atoms with Crippen LogP contribution < -0.4 is 20.5 Å². The van der Waals surface area contributed by atoms with Gasteiger partial charge in [-0.15, -0.1) is 0 Å². The summed E-state index contributed by atoms with van der Waals surface area (Å²) in [5, 5.41) is 5.17. The molecule has 1 N–H and O–H groups in total. The van der Waals surface area contributed by atoms with Crippen molar-refractivity contribution in [2.24, 2.45) is 5.10 Å². The Labute approximate surface area is 400 Å². The van der Waals surface area contributed by atoms with Gasteiger partial charge in [0.05, 0.1) is 107 Å². The molecule has 0 fully saturated rings. The van der Waals surface area contributed by atoms with Crippen LogP contribution in [0.5, 0.6) is 11.5 Å². The van der Waals surface area contributed by atoms with Gasteiger partial charge >= 0.3 is 5.97 Å². The van der Waals surface area contributed by atoms with Crippen LogP contribution in [0.25, 0.3) is 22.3 Å². The number of aryl methyl sites for hydroxylation is 1. The first-order valence-electron chi connectivity index (χ1n) is 22.9. The minimum Gasteiger partial charge on any atom is -0.494 e. The number of nitrogens with zero attached hydrogens (tertiary/aromatic N) is 3. The number of nitrogens with one attached hydrogen (secondary N) is 1.